The van der Waals surface area contributed by atoms with E-state index in [9.17, 15) is 0 Å². The fraction of sp³-hybridized carbons (Fsp3) is 0.100. The maximum absolute atomic E-state index is 5.98. The molecule has 2 aromatic rings. The van der Waals surface area contributed by atoms with Crippen molar-refractivity contribution in [3.63, 3.8) is 0 Å². The van der Waals surface area contributed by atoms with Crippen LogP contribution in [-0.4, -0.2) is 22.1 Å². The Morgan fingerprint density at radius 3 is 2.78 bits per heavy atom. The summed E-state index contributed by atoms with van der Waals surface area (Å²) in [5, 5.41) is 3.54. The van der Waals surface area contributed by atoms with E-state index in [1.54, 1.807) is 6.07 Å². The van der Waals surface area contributed by atoms with Gasteiger partial charge in [-0.2, -0.15) is 15.0 Å². The van der Waals surface area contributed by atoms with Crippen molar-refractivity contribution in [1.29, 1.82) is 0 Å². The molecule has 1 aromatic carbocycles. The fourth-order valence-electron chi connectivity index (χ4n) is 1.22. The van der Waals surface area contributed by atoms with E-state index < -0.39 is 0 Å². The summed E-state index contributed by atoms with van der Waals surface area (Å²) in [4.78, 5) is 11.7. The van der Waals surface area contributed by atoms with Crippen LogP contribution < -0.4 is 15.8 Å². The highest BCUT2D eigenvalue weighted by Gasteiger charge is 2.05. The second-order valence-corrected chi connectivity index (χ2v) is 4.52. The first-order valence-corrected chi connectivity index (χ1v) is 6.03. The van der Waals surface area contributed by atoms with E-state index >= 15 is 0 Å². The number of nitrogen functional groups attached to an aromatic ring is 1. The average Bonchev–Trinajstić information content (AvgIpc) is 2.33. The van der Waals surface area contributed by atoms with Gasteiger partial charge in [0.25, 0.3) is 0 Å². The number of hydrogen-bond acceptors (Lipinski definition) is 6. The number of nitrogens with two attached hydrogens (primary N) is 1. The number of anilines is 3. The van der Waals surface area contributed by atoms with Gasteiger partial charge in [-0.3, -0.25) is 0 Å². The Morgan fingerprint density at radius 1 is 1.33 bits per heavy atom. The molecule has 0 atom stereocenters. The molecule has 0 spiro atoms. The van der Waals surface area contributed by atoms with E-state index in [2.05, 4.69) is 36.2 Å². The zero-order valence-electron chi connectivity index (χ0n) is 9.32. The number of halogens is 2. The van der Waals surface area contributed by atoms with Crippen molar-refractivity contribution in [3.05, 3.63) is 27.7 Å². The normalized spacial score (nSPS) is 10.2. The van der Waals surface area contributed by atoms with E-state index in [0.717, 1.165) is 10.2 Å². The van der Waals surface area contributed by atoms with Crippen LogP contribution in [0.3, 0.4) is 0 Å². The van der Waals surface area contributed by atoms with Gasteiger partial charge in [0.05, 0.1) is 12.1 Å². The van der Waals surface area contributed by atoms with Crippen LogP contribution in [0.2, 0.25) is 5.02 Å². The van der Waals surface area contributed by atoms with Crippen molar-refractivity contribution in [2.24, 2.45) is 0 Å². The molecule has 0 fully saturated rings. The van der Waals surface area contributed by atoms with Gasteiger partial charge in [0.2, 0.25) is 11.9 Å². The summed E-state index contributed by atoms with van der Waals surface area (Å²) >= 11 is 9.29. The minimum absolute atomic E-state index is 0.0764. The number of ether oxygens (including phenoxy) is 1. The van der Waals surface area contributed by atoms with E-state index in [1.165, 1.54) is 7.11 Å². The Morgan fingerprint density at radius 2 is 2.11 bits per heavy atom. The lowest BCUT2D eigenvalue weighted by Crippen LogP contribution is -2.05. The Hall–Kier alpha value is -1.60. The summed E-state index contributed by atoms with van der Waals surface area (Å²) in [7, 11) is 1.45. The van der Waals surface area contributed by atoms with Crippen LogP contribution >= 0.6 is 27.5 Å². The van der Waals surface area contributed by atoms with Gasteiger partial charge in [-0.15, -0.1) is 0 Å². The minimum Gasteiger partial charge on any atom is -0.467 e. The number of hydrogen-bond donors (Lipinski definition) is 2. The van der Waals surface area contributed by atoms with E-state index in [-0.39, 0.29) is 17.9 Å². The van der Waals surface area contributed by atoms with Crippen LogP contribution in [0, 0.1) is 0 Å². The Balaban J connectivity index is 2.27. The van der Waals surface area contributed by atoms with E-state index in [0.29, 0.717) is 5.02 Å². The molecule has 0 aliphatic heterocycles. The van der Waals surface area contributed by atoms with Crippen LogP contribution in [0.5, 0.6) is 6.01 Å². The standard InChI is InChI=1S/C10H9BrClN5O/c1-18-10-16-8(13)15-9(17-10)14-5-2-3-6(11)7(12)4-5/h2-4H,1H3,(H3,13,14,15,16,17). The minimum atomic E-state index is 0.0764. The van der Waals surface area contributed by atoms with Crippen molar-refractivity contribution >= 4 is 45.1 Å². The number of benzene rings is 1. The summed E-state index contributed by atoms with van der Waals surface area (Å²) in [6.07, 6.45) is 0. The van der Waals surface area contributed by atoms with Crippen molar-refractivity contribution in [1.82, 2.24) is 15.0 Å². The lowest BCUT2D eigenvalue weighted by Gasteiger charge is -2.07. The molecule has 0 aliphatic carbocycles. The van der Waals surface area contributed by atoms with Crippen LogP contribution in [-0.2, 0) is 0 Å². The van der Waals surface area contributed by atoms with Crippen LogP contribution in [0.1, 0.15) is 0 Å². The van der Waals surface area contributed by atoms with Crippen LogP contribution in [0.25, 0.3) is 0 Å². The first kappa shape index (κ1) is 12.8. The van der Waals surface area contributed by atoms with Gasteiger partial charge in [0.15, 0.2) is 0 Å². The highest BCUT2D eigenvalue weighted by Crippen LogP contribution is 2.26. The van der Waals surface area contributed by atoms with Gasteiger partial charge >= 0.3 is 6.01 Å². The average molecular weight is 331 g/mol. The molecule has 0 saturated carbocycles. The highest BCUT2D eigenvalue weighted by atomic mass is 79.9. The SMILES string of the molecule is COc1nc(N)nc(Nc2ccc(Br)c(Cl)c2)n1. The summed E-state index contributed by atoms with van der Waals surface area (Å²) in [6.45, 7) is 0. The molecule has 3 N–H and O–H groups in total. The lowest BCUT2D eigenvalue weighted by molar-refractivity contribution is 0.380. The third-order valence-electron chi connectivity index (χ3n) is 1.99. The van der Waals surface area contributed by atoms with Crippen molar-refractivity contribution in [3.8, 4) is 6.01 Å². The third-order valence-corrected chi connectivity index (χ3v) is 3.22. The second kappa shape index (κ2) is 5.36. The zero-order chi connectivity index (χ0) is 13.1. The molecule has 0 aliphatic rings. The summed E-state index contributed by atoms with van der Waals surface area (Å²) in [5.74, 6) is 0.366. The van der Waals surface area contributed by atoms with Gasteiger partial charge in [0, 0.05) is 10.2 Å². The van der Waals surface area contributed by atoms with Crippen LogP contribution in [0.4, 0.5) is 17.6 Å². The molecule has 0 amide bonds. The molecule has 1 heterocycles. The lowest BCUT2D eigenvalue weighted by atomic mass is 10.3. The van der Waals surface area contributed by atoms with Gasteiger partial charge in [0.1, 0.15) is 0 Å². The molecule has 2 rings (SSSR count). The Kier molecular flexibility index (Phi) is 3.83. The van der Waals surface area contributed by atoms with Crippen molar-refractivity contribution in [2.75, 3.05) is 18.2 Å². The molecular formula is C10H9BrClN5O. The molecular weight excluding hydrogens is 322 g/mol. The van der Waals surface area contributed by atoms with Gasteiger partial charge in [-0.25, -0.2) is 0 Å². The molecule has 94 valence electrons. The molecule has 0 bridgehead atoms. The molecule has 0 saturated heterocycles. The Labute approximate surface area is 117 Å². The second-order valence-electron chi connectivity index (χ2n) is 3.26. The smallest absolute Gasteiger partial charge is 0.322 e. The zero-order valence-corrected chi connectivity index (χ0v) is 11.7. The number of aromatic nitrogens is 3. The monoisotopic (exact) mass is 329 g/mol. The summed E-state index contributed by atoms with van der Waals surface area (Å²) in [5.41, 5.74) is 6.26. The highest BCUT2D eigenvalue weighted by molar-refractivity contribution is 9.10. The van der Waals surface area contributed by atoms with E-state index in [1.807, 2.05) is 12.1 Å². The number of rotatable bonds is 3. The first-order valence-electron chi connectivity index (χ1n) is 4.86. The Bertz CT molecular complexity index is 580. The molecule has 0 unspecified atom stereocenters. The van der Waals surface area contributed by atoms with Crippen molar-refractivity contribution < 1.29 is 4.74 Å². The molecule has 8 heteroatoms. The van der Waals surface area contributed by atoms with Crippen LogP contribution in [0.15, 0.2) is 22.7 Å². The molecule has 18 heavy (non-hydrogen) atoms. The third kappa shape index (κ3) is 2.99. The van der Waals surface area contributed by atoms with Gasteiger partial charge in [-0.05, 0) is 34.1 Å². The van der Waals surface area contributed by atoms with Crippen molar-refractivity contribution in [2.45, 2.75) is 0 Å². The first-order chi connectivity index (χ1) is 8.58. The van der Waals surface area contributed by atoms with Gasteiger partial charge in [-0.1, -0.05) is 11.6 Å². The largest absolute Gasteiger partial charge is 0.467 e. The maximum atomic E-state index is 5.98. The molecule has 1 aromatic heterocycles. The summed E-state index contributed by atoms with van der Waals surface area (Å²) in [6, 6.07) is 5.51. The van der Waals surface area contributed by atoms with Gasteiger partial charge < -0.3 is 15.8 Å². The van der Waals surface area contributed by atoms with E-state index in [4.69, 9.17) is 22.1 Å². The predicted molar refractivity (Wildman–Crippen MR) is 73.2 cm³/mol. The number of nitrogens with zero attached hydrogens (tertiary/aromatic N) is 3. The number of methoxy groups -OCH3 is 1. The maximum Gasteiger partial charge on any atom is 0.322 e. The molecule has 6 nitrogen and oxygen atoms in total. The quantitative estimate of drug-likeness (QED) is 0.899. The summed E-state index contributed by atoms with van der Waals surface area (Å²) < 4.78 is 5.71. The molecule has 0 radical (unpaired) electrons. The fourth-order valence-corrected chi connectivity index (χ4v) is 1.65. The predicted octanol–water partition coefficient (Wildman–Crippen LogP) is 2.62. The topological polar surface area (TPSA) is 86.0 Å². The number of nitrogens with one attached hydrogen (secondary N) is 1.